The number of esters is 1. The second-order valence-corrected chi connectivity index (χ2v) is 11.4. The number of rotatable bonds is 8. The molecule has 0 unspecified atom stereocenters. The summed E-state index contributed by atoms with van der Waals surface area (Å²) in [4.78, 5) is 50.9. The van der Waals surface area contributed by atoms with Crippen molar-refractivity contribution in [2.45, 2.75) is 72.9 Å². The number of cyclic esters (lactones) is 1. The lowest BCUT2D eigenvalue weighted by Gasteiger charge is -2.42. The van der Waals surface area contributed by atoms with Gasteiger partial charge in [-0.05, 0) is 38.0 Å². The Morgan fingerprint density at radius 1 is 1.10 bits per heavy atom. The van der Waals surface area contributed by atoms with Crippen molar-refractivity contribution in [1.82, 2.24) is 0 Å². The number of hydrogen-bond acceptors (Lipinski definition) is 10. The fourth-order valence-corrected chi connectivity index (χ4v) is 5.74. The Bertz CT molecular complexity index is 1300. The molecule has 1 heterocycles. The van der Waals surface area contributed by atoms with Gasteiger partial charge in [0.25, 0.3) is 0 Å². The first-order valence-electron chi connectivity index (χ1n) is 13.4. The first-order chi connectivity index (χ1) is 18.5. The number of ketones is 3. The monoisotopic (exact) mass is 557 g/mol. The van der Waals surface area contributed by atoms with Crippen molar-refractivity contribution in [2.24, 2.45) is 35.3 Å². The highest BCUT2D eigenvalue weighted by Crippen LogP contribution is 2.36. The average Bonchev–Trinajstić information content (AvgIpc) is 2.91. The Morgan fingerprint density at radius 3 is 2.30 bits per heavy atom. The van der Waals surface area contributed by atoms with Crippen LogP contribution in [-0.4, -0.2) is 68.2 Å². The van der Waals surface area contributed by atoms with Gasteiger partial charge >= 0.3 is 5.97 Å². The number of hydrogen-bond donors (Lipinski definition) is 5. The van der Waals surface area contributed by atoms with Crippen LogP contribution in [0.25, 0.3) is 0 Å². The largest absolute Gasteiger partial charge is 0.507 e. The van der Waals surface area contributed by atoms with Gasteiger partial charge in [0.2, 0.25) is 5.78 Å². The third-order valence-corrected chi connectivity index (χ3v) is 8.49. The Morgan fingerprint density at radius 2 is 1.70 bits per heavy atom. The van der Waals surface area contributed by atoms with Gasteiger partial charge in [-0.3, -0.25) is 19.2 Å². The Kier molecular flexibility index (Phi) is 9.08. The summed E-state index contributed by atoms with van der Waals surface area (Å²) in [6.07, 6.45) is -1.52. The van der Waals surface area contributed by atoms with Crippen LogP contribution in [0.15, 0.2) is 29.5 Å². The van der Waals surface area contributed by atoms with E-state index in [1.807, 2.05) is 0 Å². The van der Waals surface area contributed by atoms with Gasteiger partial charge in [0, 0.05) is 40.9 Å². The van der Waals surface area contributed by atoms with Gasteiger partial charge < -0.3 is 30.9 Å². The van der Waals surface area contributed by atoms with E-state index < -0.39 is 83.1 Å². The van der Waals surface area contributed by atoms with E-state index in [2.05, 4.69) is 0 Å². The number of fused-ring (bicyclic) bond motifs is 1. The van der Waals surface area contributed by atoms with Crippen molar-refractivity contribution in [1.29, 1.82) is 0 Å². The smallest absolute Gasteiger partial charge is 0.311 e. The predicted octanol–water partition coefficient (Wildman–Crippen LogP) is 2.24. The highest BCUT2D eigenvalue weighted by molar-refractivity contribution is 6.29. The third kappa shape index (κ3) is 5.48. The molecule has 0 spiro atoms. The molecule has 10 heteroatoms. The van der Waals surface area contributed by atoms with Crippen LogP contribution in [0.2, 0.25) is 0 Å². The van der Waals surface area contributed by atoms with Crippen LogP contribution in [0.3, 0.4) is 0 Å². The molecule has 0 aromatic heterocycles. The number of phenolic OH excluding ortho intramolecular Hbond substituents is 1. The number of aryl methyl sites for hydroxylation is 1. The van der Waals surface area contributed by atoms with Gasteiger partial charge in [-0.1, -0.05) is 33.8 Å². The minimum Gasteiger partial charge on any atom is -0.507 e. The number of benzene rings is 1. The predicted molar refractivity (Wildman–Crippen MR) is 146 cm³/mol. The maximum atomic E-state index is 13.5. The molecule has 1 aliphatic carbocycles. The topological polar surface area (TPSA) is 184 Å². The molecular formula is C30H39NO9. The first kappa shape index (κ1) is 31.2. The third-order valence-electron chi connectivity index (χ3n) is 8.49. The van der Waals surface area contributed by atoms with E-state index in [1.165, 1.54) is 26.0 Å². The summed E-state index contributed by atoms with van der Waals surface area (Å²) in [5.41, 5.74) is 5.13. The van der Waals surface area contributed by atoms with E-state index in [1.54, 1.807) is 34.6 Å². The molecule has 1 saturated heterocycles. The fourth-order valence-electron chi connectivity index (χ4n) is 5.74. The number of nitrogens with two attached hydrogens (primary N) is 1. The van der Waals surface area contributed by atoms with Crippen LogP contribution in [0.4, 0.5) is 0 Å². The van der Waals surface area contributed by atoms with E-state index in [0.717, 1.165) is 6.08 Å². The van der Waals surface area contributed by atoms with Crippen LogP contribution in [0, 0.1) is 36.5 Å². The van der Waals surface area contributed by atoms with E-state index in [0.29, 0.717) is 0 Å². The maximum Gasteiger partial charge on any atom is 0.311 e. The number of phenols is 1. The zero-order valence-electron chi connectivity index (χ0n) is 23.8. The SMILES string of the molecule is C/C(=C\[C@@H](C)[C@H](O)[C@H](C)[C@H](O)[C@H](C)[C@H]1OC(=O)[C@@H](C)[C@@H](O)[C@H]1C)C(=O)c1c(O)c(C)cc2c1C(=O)C=C(N)C2=O. The van der Waals surface area contributed by atoms with Gasteiger partial charge in [-0.15, -0.1) is 0 Å². The van der Waals surface area contributed by atoms with E-state index in [4.69, 9.17) is 10.5 Å². The molecule has 1 aliphatic heterocycles. The number of aromatic hydroxyl groups is 1. The standard InChI is InChI=1S/C30H39NO9/c1-11(23(33)14(4)26(36)15(5)29-16(6)27(37)17(7)30(39)40-29)8-12(2)24(34)22-21-18(9-13(3)25(22)35)28(38)19(31)10-20(21)32/h8-11,14-17,23,26-27,29,33,35-37H,31H2,1-7H3/b12-8+/t11-,14+,15+,16-,17+,23+,26+,27+,29-/m1/s1. The van der Waals surface area contributed by atoms with Gasteiger partial charge in [0.1, 0.15) is 11.9 Å². The molecule has 9 atom stereocenters. The Labute approximate surface area is 233 Å². The van der Waals surface area contributed by atoms with Gasteiger partial charge in [-0.25, -0.2) is 0 Å². The second kappa shape index (κ2) is 11.6. The van der Waals surface area contributed by atoms with Gasteiger partial charge in [0.15, 0.2) is 11.6 Å². The number of carbonyl (C=O) groups is 4. The number of carbonyl (C=O) groups excluding carboxylic acids is 4. The zero-order chi connectivity index (χ0) is 30.4. The average molecular weight is 558 g/mol. The van der Waals surface area contributed by atoms with E-state index in [-0.39, 0.29) is 33.5 Å². The number of Topliss-reactive ketones (excluding diaryl/α,β-unsaturated/α-hetero) is 2. The molecule has 40 heavy (non-hydrogen) atoms. The minimum absolute atomic E-state index is 0.0626. The number of ether oxygens (including phenoxy) is 1. The maximum absolute atomic E-state index is 13.5. The molecular weight excluding hydrogens is 518 g/mol. The molecule has 1 aromatic carbocycles. The second-order valence-electron chi connectivity index (χ2n) is 11.4. The minimum atomic E-state index is -1.13. The summed E-state index contributed by atoms with van der Waals surface area (Å²) in [5, 5.41) is 43.3. The highest BCUT2D eigenvalue weighted by Gasteiger charge is 2.45. The van der Waals surface area contributed by atoms with E-state index >= 15 is 0 Å². The molecule has 0 bridgehead atoms. The molecule has 3 rings (SSSR count). The number of aliphatic hydroxyl groups excluding tert-OH is 3. The van der Waals surface area contributed by atoms with Gasteiger partial charge in [-0.2, -0.15) is 0 Å². The summed E-state index contributed by atoms with van der Waals surface area (Å²) in [5.74, 6) is -6.05. The van der Waals surface area contributed by atoms with Crippen molar-refractivity contribution in [3.05, 3.63) is 51.7 Å². The molecule has 6 N–H and O–H groups in total. The molecule has 1 fully saturated rings. The first-order valence-corrected chi connectivity index (χ1v) is 13.4. The molecule has 0 radical (unpaired) electrons. The summed E-state index contributed by atoms with van der Waals surface area (Å²) < 4.78 is 5.50. The van der Waals surface area contributed by atoms with Crippen molar-refractivity contribution < 1.29 is 44.3 Å². The normalized spacial score (nSPS) is 27.2. The molecule has 10 nitrogen and oxygen atoms in total. The summed E-state index contributed by atoms with van der Waals surface area (Å²) in [6.45, 7) is 11.2. The molecule has 0 amide bonds. The lowest BCUT2D eigenvalue weighted by atomic mass is 9.75. The molecule has 2 aliphatic rings. The van der Waals surface area contributed by atoms with Crippen LogP contribution in [0.5, 0.6) is 5.75 Å². The van der Waals surface area contributed by atoms with E-state index in [9.17, 15) is 39.6 Å². The van der Waals surface area contributed by atoms with Crippen LogP contribution in [-0.2, 0) is 9.53 Å². The lowest BCUT2D eigenvalue weighted by Crippen LogP contribution is -2.52. The highest BCUT2D eigenvalue weighted by atomic mass is 16.6. The molecule has 0 saturated carbocycles. The quantitative estimate of drug-likeness (QED) is 0.180. The fraction of sp³-hybridized carbons (Fsp3) is 0.533. The summed E-state index contributed by atoms with van der Waals surface area (Å²) >= 11 is 0. The Balaban J connectivity index is 1.84. The van der Waals surface area contributed by atoms with Crippen LogP contribution in [0.1, 0.15) is 78.2 Å². The van der Waals surface area contributed by atoms with Crippen molar-refractivity contribution in [2.75, 3.05) is 0 Å². The van der Waals surface area contributed by atoms with Crippen LogP contribution < -0.4 is 5.73 Å². The summed E-state index contributed by atoms with van der Waals surface area (Å²) in [6, 6.07) is 1.32. The van der Waals surface area contributed by atoms with Crippen LogP contribution >= 0.6 is 0 Å². The zero-order valence-corrected chi connectivity index (χ0v) is 23.8. The number of allylic oxidation sites excluding steroid dienone is 3. The Hall–Kier alpha value is -3.34. The van der Waals surface area contributed by atoms with Crippen molar-refractivity contribution >= 4 is 23.3 Å². The molecule has 1 aromatic rings. The summed E-state index contributed by atoms with van der Waals surface area (Å²) in [7, 11) is 0. The lowest BCUT2D eigenvalue weighted by molar-refractivity contribution is -0.189. The number of aliphatic hydroxyl groups is 3. The molecule has 218 valence electrons. The van der Waals surface area contributed by atoms with Gasteiger partial charge in [0.05, 0.1) is 35.5 Å². The van der Waals surface area contributed by atoms with Crippen molar-refractivity contribution in [3.8, 4) is 5.75 Å². The van der Waals surface area contributed by atoms with Crippen molar-refractivity contribution in [3.63, 3.8) is 0 Å².